The first-order valence-electron chi connectivity index (χ1n) is 6.87. The summed E-state index contributed by atoms with van der Waals surface area (Å²) in [4.78, 5) is 14.1. The summed E-state index contributed by atoms with van der Waals surface area (Å²) in [6.45, 7) is 2.11. The van der Waals surface area contributed by atoms with Crippen molar-refractivity contribution in [1.82, 2.24) is 15.1 Å². The predicted octanol–water partition coefficient (Wildman–Crippen LogP) is 0.387. The van der Waals surface area contributed by atoms with E-state index in [0.717, 1.165) is 18.7 Å². The van der Waals surface area contributed by atoms with Crippen molar-refractivity contribution in [3.63, 3.8) is 0 Å². The third-order valence-electron chi connectivity index (χ3n) is 3.68. The molecule has 104 valence electrons. The minimum Gasteiger partial charge on any atom is -0.383 e. The Morgan fingerprint density at radius 2 is 2.32 bits per heavy atom. The van der Waals surface area contributed by atoms with Gasteiger partial charge in [0.05, 0.1) is 31.1 Å². The number of nitrogens with zero attached hydrogens (tertiary/aromatic N) is 3. The van der Waals surface area contributed by atoms with Crippen LogP contribution in [0.5, 0.6) is 0 Å². The van der Waals surface area contributed by atoms with Gasteiger partial charge in [0.15, 0.2) is 0 Å². The maximum Gasteiger partial charge on any atom is 0.244 e. The second-order valence-electron chi connectivity index (χ2n) is 5.23. The van der Waals surface area contributed by atoms with E-state index < -0.39 is 0 Å². The van der Waals surface area contributed by atoms with Crippen LogP contribution in [0.4, 0.5) is 5.69 Å². The third-order valence-corrected chi connectivity index (χ3v) is 3.68. The standard InChI is InChI=1S/C13H20N4O2/c1-19-7-6-16-9-11(8-14-16)17-5-4-12(13(17)18)15-10-2-3-10/h8-10,12,15H,2-7H2,1H3. The molecule has 0 radical (unpaired) electrons. The molecule has 1 aromatic rings. The van der Waals surface area contributed by atoms with Crippen LogP contribution in [0.15, 0.2) is 12.4 Å². The third kappa shape index (κ3) is 2.79. The molecule has 1 saturated heterocycles. The summed E-state index contributed by atoms with van der Waals surface area (Å²) in [5.41, 5.74) is 0.890. The Morgan fingerprint density at radius 3 is 3.05 bits per heavy atom. The second kappa shape index (κ2) is 5.30. The van der Waals surface area contributed by atoms with Crippen LogP contribution in [-0.4, -0.2) is 48.0 Å². The summed E-state index contributed by atoms with van der Waals surface area (Å²) in [6, 6.07) is 0.563. The average molecular weight is 264 g/mol. The summed E-state index contributed by atoms with van der Waals surface area (Å²) in [7, 11) is 1.67. The molecule has 0 aromatic carbocycles. The lowest BCUT2D eigenvalue weighted by Gasteiger charge is -2.14. The zero-order valence-electron chi connectivity index (χ0n) is 11.2. The highest BCUT2D eigenvalue weighted by Crippen LogP contribution is 2.25. The fourth-order valence-corrected chi connectivity index (χ4v) is 2.42. The summed E-state index contributed by atoms with van der Waals surface area (Å²) in [5.74, 6) is 0.179. The number of carbonyl (C=O) groups excluding carboxylic acids is 1. The maximum absolute atomic E-state index is 12.3. The summed E-state index contributed by atoms with van der Waals surface area (Å²) in [5, 5.41) is 7.66. The van der Waals surface area contributed by atoms with E-state index in [1.165, 1.54) is 12.8 Å². The molecule has 6 heteroatoms. The van der Waals surface area contributed by atoms with Crippen molar-refractivity contribution in [2.75, 3.05) is 25.2 Å². The minimum absolute atomic E-state index is 0.00479. The van der Waals surface area contributed by atoms with Crippen molar-refractivity contribution in [2.45, 2.75) is 37.9 Å². The molecular weight excluding hydrogens is 244 g/mol. The van der Waals surface area contributed by atoms with E-state index in [1.54, 1.807) is 13.3 Å². The van der Waals surface area contributed by atoms with E-state index in [0.29, 0.717) is 19.2 Å². The number of hydrogen-bond acceptors (Lipinski definition) is 4. The predicted molar refractivity (Wildman–Crippen MR) is 71.0 cm³/mol. The van der Waals surface area contributed by atoms with Crippen LogP contribution in [0.1, 0.15) is 19.3 Å². The smallest absolute Gasteiger partial charge is 0.244 e. The molecule has 0 spiro atoms. The van der Waals surface area contributed by atoms with Crippen molar-refractivity contribution in [1.29, 1.82) is 0 Å². The largest absolute Gasteiger partial charge is 0.383 e. The summed E-state index contributed by atoms with van der Waals surface area (Å²) >= 11 is 0. The van der Waals surface area contributed by atoms with E-state index in [4.69, 9.17) is 4.74 Å². The fourth-order valence-electron chi connectivity index (χ4n) is 2.42. The highest BCUT2D eigenvalue weighted by molar-refractivity contribution is 5.99. The molecule has 0 bridgehead atoms. The molecule has 1 amide bonds. The van der Waals surface area contributed by atoms with Crippen LogP contribution in [-0.2, 0) is 16.1 Å². The number of aromatic nitrogens is 2. The number of anilines is 1. The monoisotopic (exact) mass is 264 g/mol. The Morgan fingerprint density at radius 1 is 1.47 bits per heavy atom. The van der Waals surface area contributed by atoms with Gasteiger partial charge in [-0.2, -0.15) is 5.10 Å². The minimum atomic E-state index is -0.00479. The summed E-state index contributed by atoms with van der Waals surface area (Å²) in [6.07, 6.45) is 6.97. The molecule has 1 aromatic heterocycles. The SMILES string of the molecule is COCCn1cc(N2CCC(NC3CC3)C2=O)cn1. The number of amides is 1. The lowest BCUT2D eigenvalue weighted by atomic mass is 10.2. The Bertz CT molecular complexity index is 455. The van der Waals surface area contributed by atoms with E-state index in [1.807, 2.05) is 15.8 Å². The topological polar surface area (TPSA) is 59.4 Å². The van der Waals surface area contributed by atoms with Crippen LogP contribution in [0.3, 0.4) is 0 Å². The number of carbonyl (C=O) groups is 1. The Hall–Kier alpha value is -1.40. The van der Waals surface area contributed by atoms with Gasteiger partial charge < -0.3 is 15.0 Å². The van der Waals surface area contributed by atoms with Gasteiger partial charge in [0, 0.05) is 25.9 Å². The van der Waals surface area contributed by atoms with E-state index in [-0.39, 0.29) is 11.9 Å². The zero-order valence-corrected chi connectivity index (χ0v) is 11.2. The first-order valence-corrected chi connectivity index (χ1v) is 6.87. The molecule has 1 saturated carbocycles. The van der Waals surface area contributed by atoms with Gasteiger partial charge in [0.2, 0.25) is 5.91 Å². The van der Waals surface area contributed by atoms with E-state index in [2.05, 4.69) is 10.4 Å². The molecule has 6 nitrogen and oxygen atoms in total. The molecule has 3 rings (SSSR count). The Kier molecular flexibility index (Phi) is 3.52. The first kappa shape index (κ1) is 12.6. The van der Waals surface area contributed by atoms with E-state index in [9.17, 15) is 4.79 Å². The second-order valence-corrected chi connectivity index (χ2v) is 5.23. The fraction of sp³-hybridized carbons (Fsp3) is 0.692. The van der Waals surface area contributed by atoms with E-state index >= 15 is 0 Å². The molecule has 19 heavy (non-hydrogen) atoms. The lowest BCUT2D eigenvalue weighted by molar-refractivity contribution is -0.118. The van der Waals surface area contributed by atoms with Crippen LogP contribution in [0.2, 0.25) is 0 Å². The highest BCUT2D eigenvalue weighted by Gasteiger charge is 2.36. The number of ether oxygens (including phenoxy) is 1. The quantitative estimate of drug-likeness (QED) is 0.807. The number of hydrogen-bond donors (Lipinski definition) is 1. The van der Waals surface area contributed by atoms with Gasteiger partial charge in [-0.25, -0.2) is 0 Å². The molecule has 1 atom stereocenters. The Balaban J connectivity index is 1.62. The molecular formula is C13H20N4O2. The van der Waals surface area contributed by atoms with Crippen molar-refractivity contribution < 1.29 is 9.53 Å². The molecule has 2 fully saturated rings. The number of methoxy groups -OCH3 is 1. The first-order chi connectivity index (χ1) is 9.28. The van der Waals surface area contributed by atoms with Crippen molar-refractivity contribution >= 4 is 11.6 Å². The van der Waals surface area contributed by atoms with Gasteiger partial charge in [0.25, 0.3) is 0 Å². The van der Waals surface area contributed by atoms with Gasteiger partial charge in [0.1, 0.15) is 0 Å². The van der Waals surface area contributed by atoms with Gasteiger partial charge in [-0.3, -0.25) is 9.48 Å². The van der Waals surface area contributed by atoms with Crippen LogP contribution in [0, 0.1) is 0 Å². The molecule has 1 aliphatic carbocycles. The normalized spacial score (nSPS) is 23.3. The van der Waals surface area contributed by atoms with Gasteiger partial charge in [-0.15, -0.1) is 0 Å². The van der Waals surface area contributed by atoms with Gasteiger partial charge in [-0.1, -0.05) is 0 Å². The van der Waals surface area contributed by atoms with Crippen molar-refractivity contribution in [2.24, 2.45) is 0 Å². The van der Waals surface area contributed by atoms with Crippen molar-refractivity contribution in [3.05, 3.63) is 12.4 Å². The van der Waals surface area contributed by atoms with Gasteiger partial charge >= 0.3 is 0 Å². The number of rotatable bonds is 6. The highest BCUT2D eigenvalue weighted by atomic mass is 16.5. The molecule has 2 aliphatic rings. The molecule has 1 N–H and O–H groups in total. The molecule has 1 unspecified atom stereocenters. The van der Waals surface area contributed by atoms with Crippen LogP contribution >= 0.6 is 0 Å². The molecule has 2 heterocycles. The van der Waals surface area contributed by atoms with Crippen molar-refractivity contribution in [3.8, 4) is 0 Å². The number of nitrogens with one attached hydrogen (secondary N) is 1. The van der Waals surface area contributed by atoms with Gasteiger partial charge in [-0.05, 0) is 19.3 Å². The summed E-state index contributed by atoms with van der Waals surface area (Å²) < 4.78 is 6.83. The molecule has 1 aliphatic heterocycles. The Labute approximate surface area is 112 Å². The zero-order chi connectivity index (χ0) is 13.2. The average Bonchev–Trinajstić information content (AvgIpc) is 2.98. The maximum atomic E-state index is 12.3. The van der Waals surface area contributed by atoms with Crippen LogP contribution < -0.4 is 10.2 Å². The van der Waals surface area contributed by atoms with Crippen LogP contribution in [0.25, 0.3) is 0 Å². The lowest BCUT2D eigenvalue weighted by Crippen LogP contribution is -2.39.